The van der Waals surface area contributed by atoms with Crippen LogP contribution in [0.5, 0.6) is 5.75 Å². The molecule has 0 radical (unpaired) electrons. The number of hydrogen-bond donors (Lipinski definition) is 1. The third-order valence-electron chi connectivity index (χ3n) is 2.93. The van der Waals surface area contributed by atoms with E-state index in [1.807, 2.05) is 41.7 Å². The molecule has 0 fully saturated rings. The van der Waals surface area contributed by atoms with Crippen molar-refractivity contribution in [1.82, 2.24) is 5.32 Å². The summed E-state index contributed by atoms with van der Waals surface area (Å²) in [6, 6.07) is 14.1. The number of para-hydroxylation sites is 1. The fourth-order valence-electron chi connectivity index (χ4n) is 1.89. The van der Waals surface area contributed by atoms with Crippen LogP contribution < -0.4 is 10.1 Å². The molecule has 1 heterocycles. The van der Waals surface area contributed by atoms with Crippen molar-refractivity contribution in [2.45, 2.75) is 26.5 Å². The molecule has 0 amide bonds. The monoisotopic (exact) mass is 305 g/mol. The van der Waals surface area contributed by atoms with Gasteiger partial charge in [0.05, 0.1) is 13.2 Å². The minimum atomic E-state index is 0.584. The molecule has 0 aliphatic rings. The highest BCUT2D eigenvalue weighted by Gasteiger charge is 2.00. The van der Waals surface area contributed by atoms with Gasteiger partial charge in [-0.2, -0.15) is 0 Å². The number of benzene rings is 1. The maximum atomic E-state index is 5.65. The summed E-state index contributed by atoms with van der Waals surface area (Å²) in [7, 11) is 0. The summed E-state index contributed by atoms with van der Waals surface area (Å²) in [5.74, 6) is 0.890. The van der Waals surface area contributed by atoms with E-state index in [2.05, 4.69) is 24.4 Å². The zero-order valence-electron chi connectivity index (χ0n) is 12.5. The first-order valence-electron chi connectivity index (χ1n) is 7.42. The normalized spacial score (nSPS) is 10.7. The number of thiophene rings is 1. The lowest BCUT2D eigenvalue weighted by Crippen LogP contribution is -2.12. The first-order chi connectivity index (χ1) is 10.4. The third-order valence-corrected chi connectivity index (χ3v) is 3.99. The molecule has 4 heteroatoms. The fraction of sp³-hybridized carbons (Fsp3) is 0.412. The van der Waals surface area contributed by atoms with Crippen molar-refractivity contribution in [1.29, 1.82) is 0 Å². The van der Waals surface area contributed by atoms with Crippen LogP contribution in [0.25, 0.3) is 0 Å². The molecule has 21 heavy (non-hydrogen) atoms. The van der Waals surface area contributed by atoms with Gasteiger partial charge in [0.2, 0.25) is 0 Å². The number of hydrogen-bond acceptors (Lipinski definition) is 4. The molecular formula is C17H23NO2S. The third kappa shape index (κ3) is 6.29. The number of nitrogens with one attached hydrogen (secondary N) is 1. The van der Waals surface area contributed by atoms with Crippen LogP contribution in [0.2, 0.25) is 0 Å². The van der Waals surface area contributed by atoms with Crippen LogP contribution >= 0.6 is 11.3 Å². The second kappa shape index (κ2) is 9.55. The average molecular weight is 305 g/mol. The molecule has 0 aliphatic carbocycles. The standard InChI is InChI=1S/C17H23NO2S/c1-2-10-18-13-16-8-9-17(21-16)14-19-11-12-20-15-6-4-3-5-7-15/h3-9,18H,2,10-14H2,1H3. The van der Waals surface area contributed by atoms with E-state index in [9.17, 15) is 0 Å². The Morgan fingerprint density at radius 1 is 1.00 bits per heavy atom. The Kier molecular flexibility index (Phi) is 7.29. The van der Waals surface area contributed by atoms with Crippen LogP contribution in [0, 0.1) is 0 Å². The van der Waals surface area contributed by atoms with Crippen molar-refractivity contribution in [2.24, 2.45) is 0 Å². The van der Waals surface area contributed by atoms with E-state index in [4.69, 9.17) is 9.47 Å². The largest absolute Gasteiger partial charge is 0.491 e. The fourth-order valence-corrected chi connectivity index (χ4v) is 2.82. The predicted octanol–water partition coefficient (Wildman–Crippen LogP) is 3.84. The summed E-state index contributed by atoms with van der Waals surface area (Å²) < 4.78 is 11.2. The van der Waals surface area contributed by atoms with Gasteiger partial charge in [0.15, 0.2) is 0 Å². The molecule has 1 aromatic carbocycles. The highest BCUT2D eigenvalue weighted by Crippen LogP contribution is 2.17. The van der Waals surface area contributed by atoms with E-state index in [0.29, 0.717) is 19.8 Å². The van der Waals surface area contributed by atoms with Crippen molar-refractivity contribution in [2.75, 3.05) is 19.8 Å². The number of ether oxygens (including phenoxy) is 2. The molecule has 0 spiro atoms. The summed E-state index contributed by atoms with van der Waals surface area (Å²) in [6.07, 6.45) is 1.17. The van der Waals surface area contributed by atoms with Crippen LogP contribution in [0.1, 0.15) is 23.1 Å². The Bertz CT molecular complexity index is 499. The van der Waals surface area contributed by atoms with E-state index in [1.54, 1.807) is 0 Å². The molecular weight excluding hydrogens is 282 g/mol. The van der Waals surface area contributed by atoms with Crippen molar-refractivity contribution in [3.05, 3.63) is 52.2 Å². The predicted molar refractivity (Wildman–Crippen MR) is 87.9 cm³/mol. The van der Waals surface area contributed by atoms with Gasteiger partial charge in [-0.3, -0.25) is 0 Å². The maximum absolute atomic E-state index is 5.65. The zero-order valence-corrected chi connectivity index (χ0v) is 13.3. The second-order valence-corrected chi connectivity index (χ2v) is 6.01. The summed E-state index contributed by atoms with van der Waals surface area (Å²) in [5, 5.41) is 3.41. The van der Waals surface area contributed by atoms with Crippen LogP contribution in [0.15, 0.2) is 42.5 Å². The first kappa shape index (κ1) is 16.0. The molecule has 1 N–H and O–H groups in total. The smallest absolute Gasteiger partial charge is 0.119 e. The Morgan fingerprint density at radius 3 is 2.62 bits per heavy atom. The average Bonchev–Trinajstić information content (AvgIpc) is 2.96. The van der Waals surface area contributed by atoms with E-state index >= 15 is 0 Å². The van der Waals surface area contributed by atoms with Crippen LogP contribution in [-0.4, -0.2) is 19.8 Å². The highest BCUT2D eigenvalue weighted by molar-refractivity contribution is 7.11. The zero-order chi connectivity index (χ0) is 14.8. The number of rotatable bonds is 10. The van der Waals surface area contributed by atoms with Gasteiger partial charge in [0.1, 0.15) is 12.4 Å². The lowest BCUT2D eigenvalue weighted by Gasteiger charge is -2.06. The minimum absolute atomic E-state index is 0.584. The molecule has 1 aromatic heterocycles. The van der Waals surface area contributed by atoms with Gasteiger partial charge < -0.3 is 14.8 Å². The van der Waals surface area contributed by atoms with Crippen molar-refractivity contribution < 1.29 is 9.47 Å². The van der Waals surface area contributed by atoms with Gasteiger partial charge in [-0.05, 0) is 37.2 Å². The summed E-state index contributed by atoms with van der Waals surface area (Å²) in [5.41, 5.74) is 0. The van der Waals surface area contributed by atoms with E-state index in [-0.39, 0.29) is 0 Å². The Balaban J connectivity index is 1.58. The molecule has 2 rings (SSSR count). The molecule has 3 nitrogen and oxygen atoms in total. The summed E-state index contributed by atoms with van der Waals surface area (Å²) >= 11 is 1.81. The van der Waals surface area contributed by atoms with Crippen LogP contribution in [0.3, 0.4) is 0 Å². The molecule has 0 saturated carbocycles. The van der Waals surface area contributed by atoms with Crippen molar-refractivity contribution in [3.63, 3.8) is 0 Å². The van der Waals surface area contributed by atoms with Crippen LogP contribution in [0.4, 0.5) is 0 Å². The van der Waals surface area contributed by atoms with E-state index in [1.165, 1.54) is 16.2 Å². The molecule has 0 atom stereocenters. The molecule has 0 aliphatic heterocycles. The SMILES string of the molecule is CCCNCc1ccc(COCCOc2ccccc2)s1. The molecule has 0 bridgehead atoms. The first-order valence-corrected chi connectivity index (χ1v) is 8.24. The Morgan fingerprint density at radius 2 is 1.81 bits per heavy atom. The molecule has 2 aromatic rings. The lowest BCUT2D eigenvalue weighted by molar-refractivity contribution is 0.0905. The van der Waals surface area contributed by atoms with Gasteiger partial charge in [-0.25, -0.2) is 0 Å². The Hall–Kier alpha value is -1.36. The quantitative estimate of drug-likeness (QED) is 0.676. The topological polar surface area (TPSA) is 30.5 Å². The van der Waals surface area contributed by atoms with Crippen molar-refractivity contribution >= 4 is 11.3 Å². The van der Waals surface area contributed by atoms with E-state index in [0.717, 1.165) is 18.8 Å². The minimum Gasteiger partial charge on any atom is -0.491 e. The van der Waals surface area contributed by atoms with Gasteiger partial charge in [0.25, 0.3) is 0 Å². The Labute approximate surface area is 130 Å². The molecule has 0 unspecified atom stereocenters. The van der Waals surface area contributed by atoms with Crippen LogP contribution in [-0.2, 0) is 17.9 Å². The lowest BCUT2D eigenvalue weighted by atomic mass is 10.3. The van der Waals surface area contributed by atoms with Crippen molar-refractivity contribution in [3.8, 4) is 5.75 Å². The van der Waals surface area contributed by atoms with Gasteiger partial charge in [-0.1, -0.05) is 25.1 Å². The molecule has 0 saturated heterocycles. The van der Waals surface area contributed by atoms with E-state index < -0.39 is 0 Å². The summed E-state index contributed by atoms with van der Waals surface area (Å²) in [6.45, 7) is 6.06. The van der Waals surface area contributed by atoms with Gasteiger partial charge in [-0.15, -0.1) is 11.3 Å². The highest BCUT2D eigenvalue weighted by atomic mass is 32.1. The molecule has 114 valence electrons. The van der Waals surface area contributed by atoms with Gasteiger partial charge in [0, 0.05) is 16.3 Å². The van der Waals surface area contributed by atoms with Gasteiger partial charge >= 0.3 is 0 Å². The maximum Gasteiger partial charge on any atom is 0.119 e. The summed E-state index contributed by atoms with van der Waals surface area (Å²) in [4.78, 5) is 2.63. The second-order valence-electron chi connectivity index (χ2n) is 4.76.